The molecule has 1 amide bonds. The summed E-state index contributed by atoms with van der Waals surface area (Å²) in [5.74, 6) is 0.227. The van der Waals surface area contributed by atoms with Gasteiger partial charge >= 0.3 is 0 Å². The van der Waals surface area contributed by atoms with Crippen LogP contribution in [0.2, 0.25) is 5.15 Å². The Bertz CT molecular complexity index is 414. The quantitative estimate of drug-likeness (QED) is 0.793. The van der Waals surface area contributed by atoms with E-state index in [4.69, 9.17) is 11.6 Å². The first-order valence-electron chi connectivity index (χ1n) is 5.55. The van der Waals surface area contributed by atoms with Gasteiger partial charge in [-0.2, -0.15) is 5.10 Å². The van der Waals surface area contributed by atoms with Crippen LogP contribution in [0, 0.1) is 6.92 Å². The van der Waals surface area contributed by atoms with Crippen molar-refractivity contribution in [2.24, 2.45) is 7.05 Å². The maximum Gasteiger partial charge on any atom is 0.222 e. The van der Waals surface area contributed by atoms with E-state index in [2.05, 4.69) is 5.10 Å². The zero-order chi connectivity index (χ0) is 11.7. The molecule has 0 bridgehead atoms. The van der Waals surface area contributed by atoms with E-state index in [1.165, 1.54) is 0 Å². The van der Waals surface area contributed by atoms with Gasteiger partial charge in [0.05, 0.1) is 12.2 Å². The fourth-order valence-electron chi connectivity index (χ4n) is 2.07. The molecular formula is C11H16ClN3O. The Morgan fingerprint density at radius 1 is 1.44 bits per heavy atom. The Morgan fingerprint density at radius 2 is 2.19 bits per heavy atom. The molecule has 0 spiro atoms. The second-order valence-corrected chi connectivity index (χ2v) is 4.61. The van der Waals surface area contributed by atoms with Gasteiger partial charge in [-0.15, -0.1) is 0 Å². The van der Waals surface area contributed by atoms with E-state index in [-0.39, 0.29) is 5.91 Å². The van der Waals surface area contributed by atoms with Gasteiger partial charge in [0.2, 0.25) is 5.91 Å². The van der Waals surface area contributed by atoms with Gasteiger partial charge in [0.1, 0.15) is 5.15 Å². The highest BCUT2D eigenvalue weighted by atomic mass is 35.5. The van der Waals surface area contributed by atoms with E-state index in [0.717, 1.165) is 30.6 Å². The number of hydrogen-bond donors (Lipinski definition) is 0. The average Bonchev–Trinajstić information content (AvgIpc) is 2.48. The van der Waals surface area contributed by atoms with E-state index in [0.29, 0.717) is 18.1 Å². The summed E-state index contributed by atoms with van der Waals surface area (Å²) in [5.41, 5.74) is 1.88. The molecule has 5 heteroatoms. The van der Waals surface area contributed by atoms with Gasteiger partial charge in [0.25, 0.3) is 0 Å². The van der Waals surface area contributed by atoms with Crippen molar-refractivity contribution in [3.8, 4) is 0 Å². The minimum Gasteiger partial charge on any atom is -0.338 e. The van der Waals surface area contributed by atoms with Crippen LogP contribution >= 0.6 is 11.6 Å². The van der Waals surface area contributed by atoms with Gasteiger partial charge in [-0.25, -0.2) is 0 Å². The molecular weight excluding hydrogens is 226 g/mol. The first-order valence-corrected chi connectivity index (χ1v) is 5.93. The molecule has 1 aliphatic heterocycles. The van der Waals surface area contributed by atoms with E-state index in [1.54, 1.807) is 4.68 Å². The van der Waals surface area contributed by atoms with E-state index in [1.807, 2.05) is 18.9 Å². The smallest absolute Gasteiger partial charge is 0.222 e. The van der Waals surface area contributed by atoms with Crippen molar-refractivity contribution in [1.29, 1.82) is 0 Å². The number of halogens is 1. The molecule has 1 aromatic rings. The predicted octanol–water partition coefficient (Wildman–Crippen LogP) is 1.89. The zero-order valence-corrected chi connectivity index (χ0v) is 10.4. The summed E-state index contributed by atoms with van der Waals surface area (Å²) in [5, 5.41) is 4.88. The summed E-state index contributed by atoms with van der Waals surface area (Å²) in [6, 6.07) is 0. The Morgan fingerprint density at radius 3 is 2.75 bits per heavy atom. The SMILES string of the molecule is Cc1nn(C)c(Cl)c1CN1CCCCC1=O. The highest BCUT2D eigenvalue weighted by Gasteiger charge is 2.21. The number of amides is 1. The van der Waals surface area contributed by atoms with Crippen molar-refractivity contribution < 1.29 is 4.79 Å². The van der Waals surface area contributed by atoms with E-state index < -0.39 is 0 Å². The van der Waals surface area contributed by atoms with Gasteiger partial charge in [0, 0.05) is 25.6 Å². The van der Waals surface area contributed by atoms with Gasteiger partial charge in [-0.1, -0.05) is 11.6 Å². The summed E-state index contributed by atoms with van der Waals surface area (Å²) in [6.45, 7) is 3.36. The number of aryl methyl sites for hydroxylation is 2. The molecule has 0 N–H and O–H groups in total. The minimum absolute atomic E-state index is 0.227. The molecule has 16 heavy (non-hydrogen) atoms. The van der Waals surface area contributed by atoms with Crippen LogP contribution in [0.5, 0.6) is 0 Å². The lowest BCUT2D eigenvalue weighted by Gasteiger charge is -2.26. The molecule has 0 aliphatic carbocycles. The van der Waals surface area contributed by atoms with Gasteiger partial charge < -0.3 is 4.90 Å². The highest BCUT2D eigenvalue weighted by Crippen LogP contribution is 2.22. The number of carbonyl (C=O) groups excluding carboxylic acids is 1. The molecule has 0 atom stereocenters. The van der Waals surface area contributed by atoms with Crippen LogP contribution in [0.25, 0.3) is 0 Å². The van der Waals surface area contributed by atoms with Crippen LogP contribution in [-0.2, 0) is 18.4 Å². The standard InChI is InChI=1S/C11H16ClN3O/c1-8-9(11(12)14(2)13-8)7-15-6-4-3-5-10(15)16/h3-7H2,1-2H3. The predicted molar refractivity (Wildman–Crippen MR) is 62.2 cm³/mol. The van der Waals surface area contributed by atoms with Gasteiger partial charge in [-0.05, 0) is 19.8 Å². The number of carbonyl (C=O) groups is 1. The molecule has 1 saturated heterocycles. The largest absolute Gasteiger partial charge is 0.338 e. The van der Waals surface area contributed by atoms with Crippen molar-refractivity contribution in [1.82, 2.24) is 14.7 Å². The third kappa shape index (κ3) is 2.07. The lowest BCUT2D eigenvalue weighted by molar-refractivity contribution is -0.133. The maximum absolute atomic E-state index is 11.7. The molecule has 1 fully saturated rings. The molecule has 88 valence electrons. The summed E-state index contributed by atoms with van der Waals surface area (Å²) in [6.07, 6.45) is 2.76. The number of hydrogen-bond acceptors (Lipinski definition) is 2. The van der Waals surface area contributed by atoms with Crippen molar-refractivity contribution in [2.45, 2.75) is 32.7 Å². The van der Waals surface area contributed by atoms with Crippen LogP contribution in [0.1, 0.15) is 30.5 Å². The molecule has 2 rings (SSSR count). The third-order valence-electron chi connectivity index (χ3n) is 3.04. The van der Waals surface area contributed by atoms with Crippen LogP contribution in [0.15, 0.2) is 0 Å². The van der Waals surface area contributed by atoms with Crippen molar-refractivity contribution in [3.05, 3.63) is 16.4 Å². The fourth-order valence-corrected chi connectivity index (χ4v) is 2.31. The minimum atomic E-state index is 0.227. The lowest BCUT2D eigenvalue weighted by atomic mass is 10.1. The maximum atomic E-state index is 11.7. The molecule has 1 aliphatic rings. The monoisotopic (exact) mass is 241 g/mol. The molecule has 0 unspecified atom stereocenters. The number of aromatic nitrogens is 2. The van der Waals surface area contributed by atoms with Crippen LogP contribution < -0.4 is 0 Å². The summed E-state index contributed by atoms with van der Waals surface area (Å²) in [4.78, 5) is 13.6. The molecule has 4 nitrogen and oxygen atoms in total. The Hall–Kier alpha value is -1.03. The first kappa shape index (κ1) is 11.5. The van der Waals surface area contributed by atoms with Crippen LogP contribution in [0.3, 0.4) is 0 Å². The van der Waals surface area contributed by atoms with E-state index in [9.17, 15) is 4.79 Å². The summed E-state index contributed by atoms with van der Waals surface area (Å²) < 4.78 is 1.65. The van der Waals surface area contributed by atoms with E-state index >= 15 is 0 Å². The van der Waals surface area contributed by atoms with Gasteiger partial charge in [0.15, 0.2) is 0 Å². The molecule has 0 saturated carbocycles. The number of piperidine rings is 1. The van der Waals surface area contributed by atoms with Crippen LogP contribution in [0.4, 0.5) is 0 Å². The summed E-state index contributed by atoms with van der Waals surface area (Å²) >= 11 is 6.14. The zero-order valence-electron chi connectivity index (χ0n) is 9.66. The third-order valence-corrected chi connectivity index (χ3v) is 3.51. The topological polar surface area (TPSA) is 38.1 Å². The second-order valence-electron chi connectivity index (χ2n) is 4.25. The van der Waals surface area contributed by atoms with Crippen molar-refractivity contribution in [2.75, 3.05) is 6.54 Å². The average molecular weight is 242 g/mol. The number of rotatable bonds is 2. The van der Waals surface area contributed by atoms with Gasteiger partial charge in [-0.3, -0.25) is 9.48 Å². The molecule has 0 radical (unpaired) electrons. The second kappa shape index (κ2) is 4.45. The normalized spacial score (nSPS) is 16.9. The molecule has 2 heterocycles. The van der Waals surface area contributed by atoms with Crippen LogP contribution in [-0.4, -0.2) is 27.1 Å². The molecule has 1 aromatic heterocycles. The fraction of sp³-hybridized carbons (Fsp3) is 0.636. The number of nitrogens with zero attached hydrogens (tertiary/aromatic N) is 3. The number of likely N-dealkylation sites (tertiary alicyclic amines) is 1. The Kier molecular flexibility index (Phi) is 3.19. The van der Waals surface area contributed by atoms with Crippen molar-refractivity contribution in [3.63, 3.8) is 0 Å². The highest BCUT2D eigenvalue weighted by molar-refractivity contribution is 6.30. The summed E-state index contributed by atoms with van der Waals surface area (Å²) in [7, 11) is 1.82. The Labute approximate surface area is 100 Å². The lowest BCUT2D eigenvalue weighted by Crippen LogP contribution is -2.34. The molecule has 0 aromatic carbocycles. The first-order chi connectivity index (χ1) is 7.59. The van der Waals surface area contributed by atoms with Crippen molar-refractivity contribution >= 4 is 17.5 Å². The Balaban J connectivity index is 2.16.